The zero-order valence-corrected chi connectivity index (χ0v) is 13.0. The van der Waals surface area contributed by atoms with E-state index in [2.05, 4.69) is 47.8 Å². The van der Waals surface area contributed by atoms with Gasteiger partial charge in [0.2, 0.25) is 0 Å². The van der Waals surface area contributed by atoms with Crippen LogP contribution in [0.3, 0.4) is 0 Å². The summed E-state index contributed by atoms with van der Waals surface area (Å²) >= 11 is 0. The third kappa shape index (κ3) is 3.35. The quantitative estimate of drug-likeness (QED) is 0.909. The van der Waals surface area contributed by atoms with Gasteiger partial charge < -0.3 is 5.32 Å². The van der Waals surface area contributed by atoms with Gasteiger partial charge in [-0.15, -0.1) is 0 Å². The van der Waals surface area contributed by atoms with Crippen LogP contribution in [0.5, 0.6) is 0 Å². The van der Waals surface area contributed by atoms with Crippen LogP contribution in [0.4, 0.5) is 0 Å². The molecule has 0 radical (unpaired) electrons. The molecule has 1 heterocycles. The molecule has 1 fully saturated rings. The van der Waals surface area contributed by atoms with Crippen LogP contribution < -0.4 is 5.32 Å². The van der Waals surface area contributed by atoms with Crippen LogP contribution in [0.2, 0.25) is 0 Å². The Morgan fingerprint density at radius 3 is 2.68 bits per heavy atom. The normalized spacial score (nSPS) is 26.6. The average Bonchev–Trinajstić information content (AvgIpc) is 2.66. The highest BCUT2D eigenvalue weighted by Gasteiger charge is 2.36. The molecule has 0 amide bonds. The zero-order chi connectivity index (χ0) is 14.0. The second-order valence-corrected chi connectivity index (χ2v) is 6.69. The van der Waals surface area contributed by atoms with Crippen molar-refractivity contribution in [3.05, 3.63) is 11.6 Å². The third-order valence-electron chi connectivity index (χ3n) is 4.24. The fourth-order valence-corrected chi connectivity index (χ4v) is 3.22. The van der Waals surface area contributed by atoms with Gasteiger partial charge in [-0.3, -0.25) is 0 Å². The molecule has 2 atom stereocenters. The largest absolute Gasteiger partial charge is 0.312 e. The highest BCUT2D eigenvalue weighted by Crippen LogP contribution is 2.41. The van der Waals surface area contributed by atoms with Crippen LogP contribution >= 0.6 is 0 Å². The predicted octanol–water partition coefficient (Wildman–Crippen LogP) is 3.01. The summed E-state index contributed by atoms with van der Waals surface area (Å²) in [6.07, 6.45) is 4.88. The minimum Gasteiger partial charge on any atom is -0.312 e. The van der Waals surface area contributed by atoms with Crippen LogP contribution in [0.15, 0.2) is 0 Å². The molecule has 1 N–H and O–H groups in total. The molecule has 4 heteroatoms. The van der Waals surface area contributed by atoms with Crippen molar-refractivity contribution in [1.29, 1.82) is 0 Å². The first-order valence-electron chi connectivity index (χ1n) is 7.56. The van der Waals surface area contributed by atoms with E-state index in [0.717, 1.165) is 18.2 Å². The summed E-state index contributed by atoms with van der Waals surface area (Å²) in [5, 5.41) is 8.33. The molecule has 1 aromatic heterocycles. The van der Waals surface area contributed by atoms with E-state index in [1.54, 1.807) is 0 Å². The number of aromatic nitrogens is 3. The van der Waals surface area contributed by atoms with Gasteiger partial charge >= 0.3 is 0 Å². The van der Waals surface area contributed by atoms with Gasteiger partial charge in [0.15, 0.2) is 0 Å². The van der Waals surface area contributed by atoms with E-state index in [0.29, 0.717) is 17.5 Å². The molecule has 108 valence electrons. The molecule has 0 saturated heterocycles. The number of rotatable bonds is 4. The van der Waals surface area contributed by atoms with Gasteiger partial charge in [0.05, 0.1) is 6.04 Å². The lowest BCUT2D eigenvalue weighted by Crippen LogP contribution is -2.44. The molecule has 1 saturated carbocycles. The number of nitrogens with one attached hydrogen (secondary N) is 1. The fraction of sp³-hybridized carbons (Fsp3) is 0.867. The second-order valence-electron chi connectivity index (χ2n) is 6.69. The van der Waals surface area contributed by atoms with Crippen LogP contribution in [-0.4, -0.2) is 27.4 Å². The summed E-state index contributed by atoms with van der Waals surface area (Å²) in [6.45, 7) is 12.1. The Morgan fingerprint density at radius 2 is 2.11 bits per heavy atom. The van der Waals surface area contributed by atoms with E-state index in [9.17, 15) is 0 Å². The maximum absolute atomic E-state index is 4.62. The maximum atomic E-state index is 4.62. The highest BCUT2D eigenvalue weighted by molar-refractivity contribution is 4.98. The SMILES string of the molecule is CCCNC1CCC(C)(C)CC1n1nc(C)nc1C. The number of hydrogen-bond acceptors (Lipinski definition) is 3. The first-order chi connectivity index (χ1) is 8.93. The number of hydrogen-bond donors (Lipinski definition) is 1. The summed E-state index contributed by atoms with van der Waals surface area (Å²) < 4.78 is 2.16. The Bertz CT molecular complexity index is 422. The lowest BCUT2D eigenvalue weighted by Gasteiger charge is -2.41. The molecule has 0 aliphatic heterocycles. The minimum absolute atomic E-state index is 0.404. The second kappa shape index (κ2) is 5.61. The topological polar surface area (TPSA) is 42.7 Å². The average molecular weight is 264 g/mol. The fourth-order valence-electron chi connectivity index (χ4n) is 3.22. The van der Waals surface area contributed by atoms with Gasteiger partial charge in [-0.25, -0.2) is 9.67 Å². The Morgan fingerprint density at radius 1 is 1.37 bits per heavy atom. The standard InChI is InChI=1S/C15H28N4/c1-6-9-16-13-7-8-15(4,5)10-14(13)19-12(3)17-11(2)18-19/h13-14,16H,6-10H2,1-5H3. The van der Waals surface area contributed by atoms with Crippen LogP contribution in [0, 0.1) is 19.3 Å². The summed E-state index contributed by atoms with van der Waals surface area (Å²) in [5.41, 5.74) is 0.404. The lowest BCUT2D eigenvalue weighted by atomic mass is 9.73. The van der Waals surface area contributed by atoms with Gasteiger partial charge in [-0.05, 0) is 51.5 Å². The molecule has 0 bridgehead atoms. The molecule has 1 aliphatic carbocycles. The number of nitrogens with zero attached hydrogens (tertiary/aromatic N) is 3. The molecule has 2 rings (SSSR count). The highest BCUT2D eigenvalue weighted by atomic mass is 15.4. The van der Waals surface area contributed by atoms with Gasteiger partial charge in [0, 0.05) is 6.04 Å². The Labute approximate surface area is 117 Å². The van der Waals surface area contributed by atoms with Crippen molar-refractivity contribution < 1.29 is 0 Å². The molecular formula is C15H28N4. The lowest BCUT2D eigenvalue weighted by molar-refractivity contribution is 0.132. The third-order valence-corrected chi connectivity index (χ3v) is 4.24. The zero-order valence-electron chi connectivity index (χ0n) is 13.0. The summed E-state index contributed by atoms with van der Waals surface area (Å²) in [5.74, 6) is 1.93. The van der Waals surface area contributed by atoms with E-state index < -0.39 is 0 Å². The number of aryl methyl sites for hydroxylation is 2. The van der Waals surface area contributed by atoms with Crippen molar-refractivity contribution in [3.63, 3.8) is 0 Å². The summed E-state index contributed by atoms with van der Waals surface area (Å²) in [7, 11) is 0. The molecule has 2 unspecified atom stereocenters. The van der Waals surface area contributed by atoms with Crippen molar-refractivity contribution in [3.8, 4) is 0 Å². The first-order valence-corrected chi connectivity index (χ1v) is 7.56. The molecule has 0 spiro atoms. The maximum Gasteiger partial charge on any atom is 0.147 e. The van der Waals surface area contributed by atoms with Crippen molar-refractivity contribution >= 4 is 0 Å². The summed E-state index contributed by atoms with van der Waals surface area (Å²) in [4.78, 5) is 4.47. The molecular weight excluding hydrogens is 236 g/mol. The van der Waals surface area contributed by atoms with Gasteiger partial charge in [-0.2, -0.15) is 5.10 Å². The van der Waals surface area contributed by atoms with E-state index in [1.165, 1.54) is 25.7 Å². The predicted molar refractivity (Wildman–Crippen MR) is 78.2 cm³/mol. The van der Waals surface area contributed by atoms with E-state index in [-0.39, 0.29) is 0 Å². The molecule has 1 aliphatic rings. The Hall–Kier alpha value is -0.900. The van der Waals surface area contributed by atoms with Gasteiger partial charge in [-0.1, -0.05) is 20.8 Å². The Kier molecular flexibility index (Phi) is 4.29. The van der Waals surface area contributed by atoms with Gasteiger partial charge in [0.25, 0.3) is 0 Å². The Balaban J connectivity index is 2.22. The minimum atomic E-state index is 0.404. The molecule has 19 heavy (non-hydrogen) atoms. The van der Waals surface area contributed by atoms with E-state index in [1.807, 2.05) is 6.92 Å². The summed E-state index contributed by atoms with van der Waals surface area (Å²) in [6, 6.07) is 0.976. The van der Waals surface area contributed by atoms with Crippen molar-refractivity contribution in [1.82, 2.24) is 20.1 Å². The van der Waals surface area contributed by atoms with Crippen molar-refractivity contribution in [2.45, 2.75) is 72.4 Å². The smallest absolute Gasteiger partial charge is 0.147 e. The molecule has 1 aromatic rings. The van der Waals surface area contributed by atoms with Crippen LogP contribution in [0.1, 0.15) is 64.1 Å². The molecule has 0 aromatic carbocycles. The van der Waals surface area contributed by atoms with E-state index >= 15 is 0 Å². The molecule has 4 nitrogen and oxygen atoms in total. The van der Waals surface area contributed by atoms with Crippen LogP contribution in [-0.2, 0) is 0 Å². The first kappa shape index (κ1) is 14.5. The van der Waals surface area contributed by atoms with E-state index in [4.69, 9.17) is 0 Å². The van der Waals surface area contributed by atoms with Gasteiger partial charge in [0.1, 0.15) is 11.6 Å². The van der Waals surface area contributed by atoms with Crippen LogP contribution in [0.25, 0.3) is 0 Å². The van der Waals surface area contributed by atoms with Crippen molar-refractivity contribution in [2.24, 2.45) is 5.41 Å². The van der Waals surface area contributed by atoms with Crippen molar-refractivity contribution in [2.75, 3.05) is 6.54 Å². The monoisotopic (exact) mass is 264 g/mol.